The van der Waals surface area contributed by atoms with Crippen LogP contribution in [0.4, 0.5) is 22.0 Å². The van der Waals surface area contributed by atoms with Gasteiger partial charge in [-0.25, -0.2) is 44.5 Å². The maximum absolute atomic E-state index is 14.8. The molecule has 2 aromatic heterocycles. The fourth-order valence-corrected chi connectivity index (χ4v) is 5.44. The zero-order valence-electron chi connectivity index (χ0n) is 16.1. The van der Waals surface area contributed by atoms with Crippen molar-refractivity contribution >= 4 is 32.4 Å². The lowest BCUT2D eigenvalue weighted by Crippen LogP contribution is -2.38. The third kappa shape index (κ3) is 4.03. The lowest BCUT2D eigenvalue weighted by Gasteiger charge is -2.15. The van der Waals surface area contributed by atoms with E-state index in [-0.39, 0.29) is 22.1 Å². The van der Waals surface area contributed by atoms with E-state index >= 15 is 0 Å². The molecule has 0 spiro atoms. The molecule has 32 heavy (non-hydrogen) atoms. The molecule has 4 rings (SSSR count). The summed E-state index contributed by atoms with van der Waals surface area (Å²) in [5, 5.41) is 5.81. The zero-order valence-corrected chi connectivity index (χ0v) is 17.8. The van der Waals surface area contributed by atoms with E-state index in [0.29, 0.717) is 24.2 Å². The summed E-state index contributed by atoms with van der Waals surface area (Å²) in [5.41, 5.74) is -1.30. The Morgan fingerprint density at radius 3 is 2.47 bits per heavy atom. The normalized spacial score (nSPS) is 15.7. The number of imidazole rings is 1. The van der Waals surface area contributed by atoms with Gasteiger partial charge in [0, 0.05) is 6.07 Å². The largest absolute Gasteiger partial charge is 0.335 e. The quantitative estimate of drug-likeness (QED) is 0.459. The number of nitrogens with zero attached hydrogens (tertiary/aromatic N) is 4. The van der Waals surface area contributed by atoms with Gasteiger partial charge in [0.05, 0.1) is 23.6 Å². The summed E-state index contributed by atoms with van der Waals surface area (Å²) in [7, 11) is -4.54. The van der Waals surface area contributed by atoms with E-state index in [2.05, 4.69) is 14.9 Å². The smallest absolute Gasteiger partial charge is 0.289 e. The van der Waals surface area contributed by atoms with Crippen molar-refractivity contribution in [2.24, 2.45) is 5.92 Å². The van der Waals surface area contributed by atoms with Gasteiger partial charge in [-0.05, 0) is 24.8 Å². The topological polar surface area (TPSA) is 98.9 Å². The van der Waals surface area contributed by atoms with E-state index < -0.39 is 63.8 Å². The molecule has 0 amide bonds. The average Bonchev–Trinajstić information content (AvgIpc) is 3.41. The number of benzene rings is 1. The number of hydrogen-bond acceptors (Lipinski definition) is 6. The highest BCUT2D eigenvalue weighted by atomic mass is 32.2. The summed E-state index contributed by atoms with van der Waals surface area (Å²) < 4.78 is 96.2. The van der Waals surface area contributed by atoms with E-state index in [9.17, 15) is 35.2 Å². The summed E-state index contributed by atoms with van der Waals surface area (Å²) >= 11 is 0.374. The Hall–Kier alpha value is -2.39. The van der Waals surface area contributed by atoms with Crippen LogP contribution in [0, 0.1) is 11.7 Å². The maximum atomic E-state index is 14.8. The third-order valence-electron chi connectivity index (χ3n) is 5.05. The Morgan fingerprint density at radius 1 is 1.19 bits per heavy atom. The maximum Gasteiger partial charge on any atom is 0.335 e. The van der Waals surface area contributed by atoms with Gasteiger partial charge in [0.1, 0.15) is 24.1 Å². The summed E-state index contributed by atoms with van der Waals surface area (Å²) in [4.78, 5) is 12.0. The van der Waals surface area contributed by atoms with Crippen LogP contribution in [0.1, 0.15) is 24.3 Å². The summed E-state index contributed by atoms with van der Waals surface area (Å²) in [6, 6.07) is 0.522. The van der Waals surface area contributed by atoms with E-state index in [1.165, 1.54) is 0 Å². The van der Waals surface area contributed by atoms with Crippen molar-refractivity contribution < 1.29 is 30.4 Å². The highest BCUT2D eigenvalue weighted by Crippen LogP contribution is 2.34. The summed E-state index contributed by atoms with van der Waals surface area (Å²) in [6.45, 7) is -2.47. The molecule has 0 radical (unpaired) electrons. The first-order chi connectivity index (χ1) is 15.2. The molecule has 1 saturated carbocycles. The van der Waals surface area contributed by atoms with E-state index in [1.807, 2.05) is 0 Å². The van der Waals surface area contributed by atoms with Crippen molar-refractivity contribution in [1.29, 1.82) is 0 Å². The second-order valence-corrected chi connectivity index (χ2v) is 9.84. The van der Waals surface area contributed by atoms with Crippen molar-refractivity contribution in [3.8, 4) is 5.13 Å². The Kier molecular flexibility index (Phi) is 6.06. The average molecular weight is 497 g/mol. The van der Waals surface area contributed by atoms with Crippen molar-refractivity contribution in [3.05, 3.63) is 33.4 Å². The summed E-state index contributed by atoms with van der Waals surface area (Å²) in [5.74, 6) is -1.44. The van der Waals surface area contributed by atoms with Crippen molar-refractivity contribution in [3.63, 3.8) is 0 Å². The van der Waals surface area contributed by atoms with Crippen LogP contribution in [0.15, 0.2) is 21.8 Å². The molecule has 8 nitrogen and oxygen atoms in total. The van der Waals surface area contributed by atoms with Crippen molar-refractivity contribution in [1.82, 2.24) is 24.1 Å². The van der Waals surface area contributed by atoms with Gasteiger partial charge in [-0.3, -0.25) is 4.57 Å². The SMILES string of the molecule is O=c1n(CCF)c2cc(F)c(S(=O)(=O)NC(CF)C3CC3)cc2n1-c1nnc(C(F)F)s1. The molecule has 0 aliphatic heterocycles. The van der Waals surface area contributed by atoms with Gasteiger partial charge in [0.15, 0.2) is 5.01 Å². The molecular formula is C17H16F5N5O3S2. The van der Waals surface area contributed by atoms with Gasteiger partial charge in [-0.15, -0.1) is 10.2 Å². The number of alkyl halides is 4. The number of sulfonamides is 1. The predicted molar refractivity (Wildman–Crippen MR) is 105 cm³/mol. The van der Waals surface area contributed by atoms with Crippen LogP contribution in [0.25, 0.3) is 16.2 Å². The van der Waals surface area contributed by atoms with Crippen LogP contribution >= 0.6 is 11.3 Å². The van der Waals surface area contributed by atoms with Gasteiger partial charge in [-0.1, -0.05) is 11.3 Å². The number of hydrogen-bond donors (Lipinski definition) is 1. The number of rotatable bonds is 9. The lowest BCUT2D eigenvalue weighted by molar-refractivity contribution is 0.150. The molecule has 2 heterocycles. The first-order valence-corrected chi connectivity index (χ1v) is 11.7. The van der Waals surface area contributed by atoms with E-state index in [1.54, 1.807) is 0 Å². The predicted octanol–water partition coefficient (Wildman–Crippen LogP) is 2.72. The molecule has 1 aromatic carbocycles. The minimum absolute atomic E-state index is 0.165. The molecule has 0 saturated heterocycles. The first kappa shape index (κ1) is 22.8. The first-order valence-electron chi connectivity index (χ1n) is 9.39. The van der Waals surface area contributed by atoms with Gasteiger partial charge < -0.3 is 0 Å². The molecule has 1 N–H and O–H groups in total. The lowest BCUT2D eigenvalue weighted by atomic mass is 10.2. The Bertz CT molecular complexity index is 1320. The minimum atomic E-state index is -4.54. The van der Waals surface area contributed by atoms with Crippen LogP contribution in [0.5, 0.6) is 0 Å². The van der Waals surface area contributed by atoms with Crippen LogP contribution in [-0.4, -0.2) is 47.1 Å². The third-order valence-corrected chi connectivity index (χ3v) is 7.47. The van der Waals surface area contributed by atoms with Crippen LogP contribution < -0.4 is 10.4 Å². The monoisotopic (exact) mass is 497 g/mol. The van der Waals surface area contributed by atoms with E-state index in [4.69, 9.17) is 0 Å². The Morgan fingerprint density at radius 2 is 1.91 bits per heavy atom. The van der Waals surface area contributed by atoms with E-state index in [0.717, 1.165) is 21.3 Å². The standard InChI is InChI=1S/C17H16F5N5O3S2/c18-3-4-26-11-5-9(20)13(32(29,30)25-10(7-19)8-1-2-8)6-12(11)27(17(26)28)16-24-23-15(31-16)14(21)22/h5-6,8,10,14,25H,1-4,7H2. The molecule has 1 atom stereocenters. The fourth-order valence-electron chi connectivity index (χ4n) is 3.37. The number of aromatic nitrogens is 4. The molecule has 174 valence electrons. The minimum Gasteiger partial charge on any atom is -0.289 e. The molecule has 1 fully saturated rings. The number of fused-ring (bicyclic) bond motifs is 1. The van der Waals surface area contributed by atoms with Gasteiger partial charge >= 0.3 is 5.69 Å². The molecular weight excluding hydrogens is 481 g/mol. The molecule has 15 heteroatoms. The highest BCUT2D eigenvalue weighted by molar-refractivity contribution is 7.89. The Balaban J connectivity index is 1.90. The van der Waals surface area contributed by atoms with Gasteiger partial charge in [0.2, 0.25) is 15.2 Å². The fraction of sp³-hybridized carbons (Fsp3) is 0.471. The molecule has 1 aliphatic carbocycles. The molecule has 1 unspecified atom stereocenters. The summed E-state index contributed by atoms with van der Waals surface area (Å²) in [6.07, 6.45) is -1.70. The van der Waals surface area contributed by atoms with Crippen molar-refractivity contribution in [2.75, 3.05) is 13.3 Å². The van der Waals surface area contributed by atoms with Crippen LogP contribution in [0.3, 0.4) is 0 Å². The van der Waals surface area contributed by atoms with Gasteiger partial charge in [-0.2, -0.15) is 0 Å². The molecule has 3 aromatic rings. The van der Waals surface area contributed by atoms with Gasteiger partial charge in [0.25, 0.3) is 6.43 Å². The molecule has 0 bridgehead atoms. The number of halogens is 5. The number of aryl methyl sites for hydroxylation is 1. The Labute approximate surface area is 181 Å². The van der Waals surface area contributed by atoms with Crippen LogP contribution in [-0.2, 0) is 16.6 Å². The van der Waals surface area contributed by atoms with Crippen molar-refractivity contribution in [2.45, 2.75) is 36.7 Å². The number of nitrogens with one attached hydrogen (secondary N) is 1. The second-order valence-electron chi connectivity index (χ2n) is 7.17. The molecule has 1 aliphatic rings. The zero-order chi connectivity index (χ0) is 23.2. The van der Waals surface area contributed by atoms with Crippen LogP contribution in [0.2, 0.25) is 0 Å². The second kappa shape index (κ2) is 8.51. The highest BCUT2D eigenvalue weighted by Gasteiger charge is 2.35.